The van der Waals surface area contributed by atoms with Crippen LogP contribution in [0.25, 0.3) is 0 Å². The summed E-state index contributed by atoms with van der Waals surface area (Å²) in [7, 11) is -0.988. The van der Waals surface area contributed by atoms with E-state index in [1.165, 1.54) is 0 Å². The quantitative estimate of drug-likeness (QED) is 0.776. The van der Waals surface area contributed by atoms with Crippen LogP contribution in [0.15, 0.2) is 0 Å². The van der Waals surface area contributed by atoms with Crippen molar-refractivity contribution in [3.05, 3.63) is 0 Å². The molecule has 2 rings (SSSR count). The highest BCUT2D eigenvalue weighted by Gasteiger charge is 2.42. The van der Waals surface area contributed by atoms with Crippen LogP contribution in [-0.2, 0) is 15.6 Å². The fourth-order valence-corrected chi connectivity index (χ4v) is 4.84. The van der Waals surface area contributed by atoms with Crippen LogP contribution in [0.3, 0.4) is 0 Å². The van der Waals surface area contributed by atoms with Crippen molar-refractivity contribution in [3.63, 3.8) is 0 Å². The van der Waals surface area contributed by atoms with Crippen molar-refractivity contribution in [3.8, 4) is 0 Å². The number of hydrogen-bond acceptors (Lipinski definition) is 3. The summed E-state index contributed by atoms with van der Waals surface area (Å²) in [5.74, 6) is 0.665. The summed E-state index contributed by atoms with van der Waals surface area (Å²) in [6, 6.07) is -0.478. The number of nitrogens with one attached hydrogen (secondary N) is 1. The average molecular weight is 259 g/mol. The molecule has 0 radical (unpaired) electrons. The van der Waals surface area contributed by atoms with E-state index in [9.17, 15) is 9.00 Å². The maximum Gasteiger partial charge on any atom is 0.321 e. The Bertz CT molecular complexity index is 332. The van der Waals surface area contributed by atoms with Crippen LogP contribution in [0.4, 0.5) is 0 Å². The molecule has 2 aliphatic rings. The lowest BCUT2D eigenvalue weighted by Crippen LogP contribution is -2.60. The molecule has 0 aromatic carbocycles. The van der Waals surface area contributed by atoms with E-state index >= 15 is 0 Å². The number of hydrogen-bond donors (Lipinski definition) is 2. The van der Waals surface area contributed by atoms with Crippen molar-refractivity contribution < 1.29 is 14.1 Å². The lowest BCUT2D eigenvalue weighted by atomic mass is 9.79. The summed E-state index contributed by atoms with van der Waals surface area (Å²) in [6.45, 7) is 4.43. The zero-order valence-corrected chi connectivity index (χ0v) is 11.2. The van der Waals surface area contributed by atoms with Gasteiger partial charge in [0.05, 0.1) is 5.25 Å². The smallest absolute Gasteiger partial charge is 0.321 e. The third kappa shape index (κ3) is 2.71. The SMILES string of the molecule is CC(C)C1CCC2NC(C(=O)O)CS(=O)C2C1. The van der Waals surface area contributed by atoms with Gasteiger partial charge in [0.25, 0.3) is 0 Å². The summed E-state index contributed by atoms with van der Waals surface area (Å²) in [4.78, 5) is 11.0. The van der Waals surface area contributed by atoms with Crippen LogP contribution in [0.1, 0.15) is 33.1 Å². The van der Waals surface area contributed by atoms with Gasteiger partial charge in [-0.3, -0.25) is 14.3 Å². The van der Waals surface area contributed by atoms with Crippen LogP contribution >= 0.6 is 0 Å². The van der Waals surface area contributed by atoms with Gasteiger partial charge in [-0.1, -0.05) is 13.8 Å². The summed E-state index contributed by atoms with van der Waals surface area (Å²) in [5, 5.41) is 12.3. The van der Waals surface area contributed by atoms with E-state index in [0.717, 1.165) is 19.3 Å². The van der Waals surface area contributed by atoms with E-state index in [0.29, 0.717) is 11.8 Å². The Balaban J connectivity index is 2.04. The zero-order chi connectivity index (χ0) is 12.6. The molecule has 1 heterocycles. The largest absolute Gasteiger partial charge is 0.480 e. The molecule has 1 saturated heterocycles. The van der Waals surface area contributed by atoms with Crippen LogP contribution in [-0.4, -0.2) is 38.4 Å². The molecule has 2 N–H and O–H groups in total. The number of rotatable bonds is 2. The Morgan fingerprint density at radius 3 is 2.71 bits per heavy atom. The molecule has 0 aromatic rings. The van der Waals surface area contributed by atoms with E-state index < -0.39 is 22.8 Å². The zero-order valence-electron chi connectivity index (χ0n) is 10.4. The number of carboxylic acid groups (broad SMARTS) is 1. The van der Waals surface area contributed by atoms with Crippen molar-refractivity contribution in [2.24, 2.45) is 11.8 Å². The number of fused-ring (bicyclic) bond motifs is 1. The van der Waals surface area contributed by atoms with E-state index in [2.05, 4.69) is 19.2 Å². The second-order valence-electron chi connectivity index (χ2n) is 5.57. The summed E-state index contributed by atoms with van der Waals surface area (Å²) >= 11 is 0. The van der Waals surface area contributed by atoms with Gasteiger partial charge < -0.3 is 5.11 Å². The maximum absolute atomic E-state index is 12.1. The highest BCUT2D eigenvalue weighted by molar-refractivity contribution is 7.85. The van der Waals surface area contributed by atoms with Crippen LogP contribution in [0.5, 0.6) is 0 Å². The Kier molecular flexibility index (Phi) is 3.88. The molecular formula is C12H21NO3S. The van der Waals surface area contributed by atoms with Gasteiger partial charge in [-0.05, 0) is 31.1 Å². The second-order valence-corrected chi connectivity index (χ2v) is 7.27. The fraction of sp³-hybridized carbons (Fsp3) is 0.917. The minimum absolute atomic E-state index is 0.140. The fourth-order valence-electron chi connectivity index (χ4n) is 2.98. The Hall–Kier alpha value is -0.420. The van der Waals surface area contributed by atoms with Gasteiger partial charge in [0.15, 0.2) is 0 Å². The molecule has 0 amide bonds. The molecule has 0 bridgehead atoms. The van der Waals surface area contributed by atoms with Gasteiger partial charge in [0.1, 0.15) is 6.04 Å². The second kappa shape index (κ2) is 5.06. The lowest BCUT2D eigenvalue weighted by Gasteiger charge is -2.42. The first-order chi connectivity index (χ1) is 7.99. The number of carboxylic acids is 1. The highest BCUT2D eigenvalue weighted by Crippen LogP contribution is 2.34. The highest BCUT2D eigenvalue weighted by atomic mass is 32.2. The molecule has 0 spiro atoms. The third-order valence-corrected chi connectivity index (χ3v) is 6.02. The summed E-state index contributed by atoms with van der Waals surface area (Å²) in [5.41, 5.74) is 0. The van der Waals surface area contributed by atoms with E-state index in [-0.39, 0.29) is 17.0 Å². The molecule has 5 atom stereocenters. The van der Waals surface area contributed by atoms with E-state index in [1.807, 2.05) is 0 Å². The molecule has 4 nitrogen and oxygen atoms in total. The average Bonchev–Trinajstić information content (AvgIpc) is 2.28. The van der Waals surface area contributed by atoms with Crippen LogP contribution in [0.2, 0.25) is 0 Å². The Morgan fingerprint density at radius 1 is 1.41 bits per heavy atom. The predicted octanol–water partition coefficient (Wildman–Crippen LogP) is 0.985. The van der Waals surface area contributed by atoms with E-state index in [1.54, 1.807) is 0 Å². The van der Waals surface area contributed by atoms with Crippen molar-refractivity contribution in [1.82, 2.24) is 5.32 Å². The first-order valence-electron chi connectivity index (χ1n) is 6.35. The summed E-state index contributed by atoms with van der Waals surface area (Å²) < 4.78 is 12.1. The lowest BCUT2D eigenvalue weighted by molar-refractivity contribution is -0.139. The molecule has 1 saturated carbocycles. The normalized spacial score (nSPS) is 42.2. The minimum Gasteiger partial charge on any atom is -0.480 e. The molecule has 17 heavy (non-hydrogen) atoms. The maximum atomic E-state index is 12.1. The first kappa shape index (κ1) is 13.0. The van der Waals surface area contributed by atoms with Gasteiger partial charge in [0, 0.05) is 22.6 Å². The van der Waals surface area contributed by atoms with Crippen molar-refractivity contribution in [2.45, 2.75) is 50.4 Å². The molecule has 2 fully saturated rings. The van der Waals surface area contributed by atoms with Crippen molar-refractivity contribution >= 4 is 16.8 Å². The van der Waals surface area contributed by atoms with Gasteiger partial charge >= 0.3 is 5.97 Å². The van der Waals surface area contributed by atoms with Crippen LogP contribution in [0, 0.1) is 11.8 Å². The van der Waals surface area contributed by atoms with Crippen molar-refractivity contribution in [2.75, 3.05) is 5.75 Å². The minimum atomic E-state index is -0.988. The summed E-state index contributed by atoms with van der Waals surface area (Å²) in [6.07, 6.45) is 3.06. The molecule has 1 aliphatic carbocycles. The topological polar surface area (TPSA) is 66.4 Å². The number of aliphatic carboxylic acids is 1. The molecule has 1 aliphatic heterocycles. The van der Waals surface area contributed by atoms with Crippen LogP contribution < -0.4 is 5.32 Å². The molecule has 98 valence electrons. The Morgan fingerprint density at radius 2 is 2.12 bits per heavy atom. The predicted molar refractivity (Wildman–Crippen MR) is 67.3 cm³/mol. The van der Waals surface area contributed by atoms with E-state index in [4.69, 9.17) is 5.11 Å². The van der Waals surface area contributed by atoms with Crippen molar-refractivity contribution in [1.29, 1.82) is 0 Å². The first-order valence-corrected chi connectivity index (χ1v) is 7.73. The standard InChI is InChI=1S/C12H21NO3S/c1-7(2)8-3-4-9-11(5-8)17(16)6-10(13-9)12(14)15/h7-11,13H,3-6H2,1-2H3,(H,14,15). The third-order valence-electron chi connectivity index (χ3n) is 4.16. The molecular weight excluding hydrogens is 238 g/mol. The monoisotopic (exact) mass is 259 g/mol. The van der Waals surface area contributed by atoms with Gasteiger partial charge in [-0.15, -0.1) is 0 Å². The molecule has 5 unspecified atom stereocenters. The molecule has 0 aromatic heterocycles. The van der Waals surface area contributed by atoms with Gasteiger partial charge in [0.2, 0.25) is 0 Å². The van der Waals surface area contributed by atoms with Gasteiger partial charge in [-0.2, -0.15) is 0 Å². The molecule has 5 heteroatoms. The van der Waals surface area contributed by atoms with Gasteiger partial charge in [-0.25, -0.2) is 0 Å². The Labute approximate surface area is 105 Å². The number of carbonyl (C=O) groups is 1.